The maximum atomic E-state index is 12.6. The third kappa shape index (κ3) is 2.85. The number of hydrogen-bond acceptors (Lipinski definition) is 3. The van der Waals surface area contributed by atoms with Crippen LogP contribution in [-0.4, -0.2) is 32.1 Å². The Hall–Kier alpha value is -1.26. The number of fused-ring (bicyclic) bond motifs is 1. The molecule has 0 aromatic heterocycles. The Kier molecular flexibility index (Phi) is 4.66. The number of anilines is 1. The summed E-state index contributed by atoms with van der Waals surface area (Å²) >= 11 is 0. The molecule has 1 saturated heterocycles. The number of nitrogens with zero attached hydrogens (tertiary/aromatic N) is 1. The van der Waals surface area contributed by atoms with Crippen molar-refractivity contribution < 1.29 is 9.53 Å². The molecule has 0 saturated carbocycles. The van der Waals surface area contributed by atoms with E-state index in [1.54, 1.807) is 0 Å². The van der Waals surface area contributed by atoms with Gasteiger partial charge in [0, 0.05) is 5.92 Å². The summed E-state index contributed by atoms with van der Waals surface area (Å²) in [5.41, 5.74) is 0.923. The second kappa shape index (κ2) is 6.26. The minimum absolute atomic E-state index is 0. The van der Waals surface area contributed by atoms with E-state index < -0.39 is 0 Å². The molecule has 0 radical (unpaired) electrons. The Balaban J connectivity index is 0.00000133. The molecule has 2 heterocycles. The van der Waals surface area contributed by atoms with Gasteiger partial charge in [0.2, 0.25) is 5.91 Å². The minimum Gasteiger partial charge on any atom is -0.490 e. The van der Waals surface area contributed by atoms with E-state index in [-0.39, 0.29) is 24.2 Å². The molecule has 1 N–H and O–H groups in total. The molecule has 1 fully saturated rings. The van der Waals surface area contributed by atoms with Crippen LogP contribution in [0.15, 0.2) is 24.3 Å². The van der Waals surface area contributed by atoms with Gasteiger partial charge in [-0.3, -0.25) is 4.79 Å². The number of halogens is 1. The first-order valence-electron chi connectivity index (χ1n) is 6.60. The molecule has 2 aliphatic rings. The maximum absolute atomic E-state index is 12.6. The van der Waals surface area contributed by atoms with E-state index in [4.69, 9.17) is 4.74 Å². The van der Waals surface area contributed by atoms with Gasteiger partial charge in [-0.25, -0.2) is 0 Å². The topological polar surface area (TPSA) is 41.6 Å². The largest absolute Gasteiger partial charge is 0.490 e. The summed E-state index contributed by atoms with van der Waals surface area (Å²) in [6.45, 7) is 3.15. The van der Waals surface area contributed by atoms with Crippen LogP contribution in [0.1, 0.15) is 12.8 Å². The predicted octanol–water partition coefficient (Wildman–Crippen LogP) is 1.83. The monoisotopic (exact) mass is 282 g/mol. The molecule has 4 nitrogen and oxygen atoms in total. The van der Waals surface area contributed by atoms with Gasteiger partial charge in [-0.1, -0.05) is 12.1 Å². The van der Waals surface area contributed by atoms with Gasteiger partial charge in [0.15, 0.2) is 0 Å². The van der Waals surface area contributed by atoms with Gasteiger partial charge in [-0.05, 0) is 38.1 Å². The van der Waals surface area contributed by atoms with Gasteiger partial charge in [0.05, 0.1) is 12.2 Å². The Morgan fingerprint density at radius 3 is 2.79 bits per heavy atom. The fraction of sp³-hybridized carbons (Fsp3) is 0.500. The molecule has 0 aliphatic carbocycles. The van der Waals surface area contributed by atoms with Crippen molar-refractivity contribution in [1.82, 2.24) is 5.32 Å². The maximum Gasteiger partial charge on any atom is 0.230 e. The Bertz CT molecular complexity index is 447. The van der Waals surface area contributed by atoms with Crippen LogP contribution < -0.4 is 15.0 Å². The summed E-state index contributed by atoms with van der Waals surface area (Å²) in [7, 11) is 0. The first kappa shape index (κ1) is 14.2. The van der Waals surface area contributed by atoms with Crippen molar-refractivity contribution in [3.05, 3.63) is 24.3 Å². The number of nitrogens with one attached hydrogen (secondary N) is 1. The molecular weight excluding hydrogens is 264 g/mol. The lowest BCUT2D eigenvalue weighted by Crippen LogP contribution is -2.44. The molecule has 0 bridgehead atoms. The van der Waals surface area contributed by atoms with E-state index in [1.165, 1.54) is 0 Å². The Labute approximate surface area is 119 Å². The first-order chi connectivity index (χ1) is 8.86. The summed E-state index contributed by atoms with van der Waals surface area (Å²) in [5.74, 6) is 1.25. The number of rotatable bonds is 1. The van der Waals surface area contributed by atoms with Gasteiger partial charge >= 0.3 is 0 Å². The van der Waals surface area contributed by atoms with Crippen molar-refractivity contribution in [1.29, 1.82) is 0 Å². The highest BCUT2D eigenvalue weighted by molar-refractivity contribution is 5.96. The van der Waals surface area contributed by atoms with Crippen LogP contribution in [-0.2, 0) is 4.79 Å². The Morgan fingerprint density at radius 2 is 2.00 bits per heavy atom. The van der Waals surface area contributed by atoms with Crippen LogP contribution in [0, 0.1) is 5.92 Å². The molecule has 1 aromatic carbocycles. The number of benzene rings is 1. The molecular formula is C14H19ClN2O2. The zero-order chi connectivity index (χ0) is 12.4. The van der Waals surface area contributed by atoms with Gasteiger partial charge < -0.3 is 15.0 Å². The number of ether oxygens (including phenoxy) is 1. The van der Waals surface area contributed by atoms with Crippen LogP contribution in [0.3, 0.4) is 0 Å². The molecule has 104 valence electrons. The number of para-hydroxylation sites is 2. The lowest BCUT2D eigenvalue weighted by Gasteiger charge is -2.33. The van der Waals surface area contributed by atoms with Crippen molar-refractivity contribution in [2.24, 2.45) is 5.92 Å². The van der Waals surface area contributed by atoms with Gasteiger partial charge in [-0.15, -0.1) is 12.4 Å². The second-order valence-corrected chi connectivity index (χ2v) is 4.83. The summed E-state index contributed by atoms with van der Waals surface area (Å²) in [5, 5.41) is 3.30. The summed E-state index contributed by atoms with van der Waals surface area (Å²) in [4.78, 5) is 14.5. The molecule has 1 aromatic rings. The normalized spacial score (nSPS) is 19.1. The standard InChI is InChI=1S/C14H18N2O2.ClH/c17-14(11-5-7-15-8-6-11)16-9-10-18-13-4-2-1-3-12(13)16;/h1-4,11,15H,5-10H2;1H. The van der Waals surface area contributed by atoms with E-state index in [9.17, 15) is 4.79 Å². The average Bonchev–Trinajstić information content (AvgIpc) is 2.47. The lowest BCUT2D eigenvalue weighted by atomic mass is 9.96. The average molecular weight is 283 g/mol. The van der Waals surface area contributed by atoms with E-state index in [1.807, 2.05) is 29.2 Å². The van der Waals surface area contributed by atoms with Crippen molar-refractivity contribution in [2.45, 2.75) is 12.8 Å². The van der Waals surface area contributed by atoms with Gasteiger partial charge in [-0.2, -0.15) is 0 Å². The van der Waals surface area contributed by atoms with Crippen LogP contribution in [0.25, 0.3) is 0 Å². The molecule has 0 spiro atoms. The van der Waals surface area contributed by atoms with Gasteiger partial charge in [0.1, 0.15) is 12.4 Å². The zero-order valence-corrected chi connectivity index (χ0v) is 11.6. The molecule has 5 heteroatoms. The highest BCUT2D eigenvalue weighted by Crippen LogP contribution is 2.32. The number of carbonyl (C=O) groups excluding carboxylic acids is 1. The van der Waals surface area contributed by atoms with Crippen molar-refractivity contribution in [3.63, 3.8) is 0 Å². The fourth-order valence-corrected chi connectivity index (χ4v) is 2.69. The lowest BCUT2D eigenvalue weighted by molar-refractivity contribution is -0.123. The smallest absolute Gasteiger partial charge is 0.230 e. The second-order valence-electron chi connectivity index (χ2n) is 4.83. The molecule has 19 heavy (non-hydrogen) atoms. The first-order valence-corrected chi connectivity index (χ1v) is 6.60. The number of amides is 1. The van der Waals surface area contributed by atoms with Crippen molar-refractivity contribution in [3.8, 4) is 5.75 Å². The van der Waals surface area contributed by atoms with E-state index in [2.05, 4.69) is 5.32 Å². The van der Waals surface area contributed by atoms with Crippen LogP contribution in [0.5, 0.6) is 5.75 Å². The Morgan fingerprint density at radius 1 is 1.26 bits per heavy atom. The summed E-state index contributed by atoms with van der Waals surface area (Å²) in [6, 6.07) is 7.79. The van der Waals surface area contributed by atoms with E-state index in [0.29, 0.717) is 13.2 Å². The molecule has 3 rings (SSSR count). The fourth-order valence-electron chi connectivity index (χ4n) is 2.69. The zero-order valence-electron chi connectivity index (χ0n) is 10.8. The van der Waals surface area contributed by atoms with Crippen LogP contribution in [0.2, 0.25) is 0 Å². The van der Waals surface area contributed by atoms with Crippen LogP contribution >= 0.6 is 12.4 Å². The molecule has 0 atom stereocenters. The molecule has 0 unspecified atom stereocenters. The summed E-state index contributed by atoms with van der Waals surface area (Å²) < 4.78 is 5.58. The summed E-state index contributed by atoms with van der Waals surface area (Å²) in [6.07, 6.45) is 1.89. The third-order valence-corrected chi connectivity index (χ3v) is 3.68. The van der Waals surface area contributed by atoms with Crippen molar-refractivity contribution in [2.75, 3.05) is 31.1 Å². The number of carbonyl (C=O) groups is 1. The minimum atomic E-state index is 0. The SMILES string of the molecule is Cl.O=C(C1CCNCC1)N1CCOc2ccccc21. The van der Waals surface area contributed by atoms with Crippen molar-refractivity contribution >= 4 is 24.0 Å². The molecule has 2 aliphatic heterocycles. The van der Waals surface area contributed by atoms with Gasteiger partial charge in [0.25, 0.3) is 0 Å². The van der Waals surface area contributed by atoms with Crippen LogP contribution in [0.4, 0.5) is 5.69 Å². The highest BCUT2D eigenvalue weighted by atomic mass is 35.5. The van der Waals surface area contributed by atoms with E-state index >= 15 is 0 Å². The quantitative estimate of drug-likeness (QED) is 0.854. The number of piperidine rings is 1. The third-order valence-electron chi connectivity index (χ3n) is 3.68. The highest BCUT2D eigenvalue weighted by Gasteiger charge is 2.29. The van der Waals surface area contributed by atoms with E-state index in [0.717, 1.165) is 37.4 Å². The molecule has 1 amide bonds. The predicted molar refractivity (Wildman–Crippen MR) is 77.1 cm³/mol. The number of hydrogen-bond donors (Lipinski definition) is 1.